The van der Waals surface area contributed by atoms with Gasteiger partial charge in [0.1, 0.15) is 33.8 Å². The molecule has 4 aromatic carbocycles. The number of benzene rings is 4. The Kier molecular flexibility index (Phi) is 15.7. The number of phenolic OH excluding ortho intramolecular Hbond substituents is 4. The molecule has 0 heterocycles. The Morgan fingerprint density at radius 2 is 0.500 bits per heavy atom. The van der Waals surface area contributed by atoms with E-state index in [0.29, 0.717) is 24.3 Å². The largest absolute Gasteiger partial charge is 0.507 e. The van der Waals surface area contributed by atoms with E-state index in [9.17, 15) is 116 Å². The molecule has 0 amide bonds. The highest BCUT2D eigenvalue weighted by Crippen LogP contribution is 2.71. The molecule has 0 fully saturated rings. The smallest absolute Gasteiger partial charge is 0.345 e. The molecular formula is C32H40O24P8. The standard InChI is InChI=1S/C32H40O24P8/c33-25-13-1-17-9-23(31(61(45,46)47)62(48,49)50)10-18(27(17)35)3-15-7-22(30(59(41)42)60(43)44)8-16(26(15)34)4-20-12-24(32(63(51,52)53)64(54,55)56)11-19(28(20)36)2-14(25)6-21(5-13)29(57(37)38)58(39)40/h5-12,29-36,57-60H,1-4H2,(H,37,38)(H,39,40)(H,41,42)(H,43,44)(H2,45,46,47)(H2,48,49,50)(H2,51,52,53)(H2,54,55,56). The highest BCUT2D eigenvalue weighted by atomic mass is 31.2. The Labute approximate surface area is 362 Å². The summed E-state index contributed by atoms with van der Waals surface area (Å²) in [5, 5.41) is 37.0. The molecule has 0 aliphatic heterocycles. The van der Waals surface area contributed by atoms with Gasteiger partial charge in [-0.2, -0.15) is 0 Å². The quantitative estimate of drug-likeness (QED) is 0.0791. The fraction of sp³-hybridized carbons (Fsp3) is 0.250. The lowest BCUT2D eigenvalue weighted by Gasteiger charge is -2.24. The van der Waals surface area contributed by atoms with Crippen molar-refractivity contribution in [2.24, 2.45) is 0 Å². The van der Waals surface area contributed by atoms with Gasteiger partial charge in [0.2, 0.25) is 32.1 Å². The van der Waals surface area contributed by atoms with Crippen LogP contribution in [-0.2, 0) is 62.2 Å². The number of hydrogen-bond acceptors (Lipinski definition) is 12. The average molecular weight is 1060 g/mol. The van der Waals surface area contributed by atoms with E-state index >= 15 is 0 Å². The van der Waals surface area contributed by atoms with Crippen molar-refractivity contribution >= 4 is 62.5 Å². The van der Waals surface area contributed by atoms with Gasteiger partial charge in [-0.25, -0.2) is 0 Å². The molecule has 16 N–H and O–H groups in total. The molecule has 0 aromatic heterocycles. The highest BCUT2D eigenvalue weighted by molar-refractivity contribution is 7.70. The molecule has 4 atom stereocenters. The second-order valence-electron chi connectivity index (χ2n) is 14.8. The molecule has 32 heteroatoms. The van der Waals surface area contributed by atoms with Crippen molar-refractivity contribution in [3.8, 4) is 23.0 Å². The third-order valence-electron chi connectivity index (χ3n) is 10.2. The Balaban J connectivity index is 2.01. The van der Waals surface area contributed by atoms with E-state index in [1.165, 1.54) is 0 Å². The van der Waals surface area contributed by atoms with Crippen LogP contribution in [0.1, 0.15) is 88.4 Å². The molecule has 8 bridgehead atoms. The lowest BCUT2D eigenvalue weighted by atomic mass is 9.89. The summed E-state index contributed by atoms with van der Waals surface area (Å²) >= 11 is 0. The van der Waals surface area contributed by atoms with Crippen LogP contribution >= 0.6 is 62.5 Å². The summed E-state index contributed by atoms with van der Waals surface area (Å²) in [7, 11) is -39.3. The SMILES string of the molecule is O=[PH](O)C(c1cc2c(O)c(c1)Cc1cc(C(P(=O)(O)O)P(=O)(O)O)cc(c1O)Cc1cc(C([PH](=O)O)[PH](=O)O)cc(c1O)Cc1cc(C(P(=O)(O)O)P(=O)(O)O)cc(c1O)C2)[PH](=O)O. The lowest BCUT2D eigenvalue weighted by molar-refractivity contribution is 0.335. The minimum atomic E-state index is -5.83. The van der Waals surface area contributed by atoms with Crippen LogP contribution in [0.3, 0.4) is 0 Å². The van der Waals surface area contributed by atoms with Crippen molar-refractivity contribution in [3.63, 3.8) is 0 Å². The number of fused-ring (bicyclic) bond motifs is 8. The van der Waals surface area contributed by atoms with Crippen LogP contribution in [0.4, 0.5) is 0 Å². The summed E-state index contributed by atoms with van der Waals surface area (Å²) in [6, 6.07) is 6.41. The molecule has 0 radical (unpaired) electrons. The third-order valence-corrected chi connectivity index (χ3v) is 23.8. The van der Waals surface area contributed by atoms with Crippen LogP contribution in [0.15, 0.2) is 48.5 Å². The Morgan fingerprint density at radius 1 is 0.344 bits per heavy atom. The fourth-order valence-corrected chi connectivity index (χ4v) is 16.4. The van der Waals surface area contributed by atoms with Crippen LogP contribution in [0, 0.1) is 0 Å². The van der Waals surface area contributed by atoms with Crippen LogP contribution in [-0.4, -0.2) is 79.1 Å². The van der Waals surface area contributed by atoms with Crippen LogP contribution in [0.5, 0.6) is 23.0 Å². The molecule has 0 saturated carbocycles. The molecule has 352 valence electrons. The lowest BCUT2D eigenvalue weighted by Crippen LogP contribution is -2.08. The Hall–Kier alpha value is -2.56. The Morgan fingerprint density at radius 3 is 0.641 bits per heavy atom. The van der Waals surface area contributed by atoms with E-state index in [4.69, 9.17) is 0 Å². The minimum Gasteiger partial charge on any atom is -0.507 e. The predicted molar refractivity (Wildman–Crippen MR) is 228 cm³/mol. The van der Waals surface area contributed by atoms with Crippen molar-refractivity contribution in [1.29, 1.82) is 0 Å². The van der Waals surface area contributed by atoms with Gasteiger partial charge in [0.15, 0.2) is 10.8 Å². The molecule has 1 aliphatic rings. The van der Waals surface area contributed by atoms with Gasteiger partial charge < -0.3 is 79.1 Å². The molecule has 0 saturated heterocycles. The number of hydrogen-bond donors (Lipinski definition) is 16. The van der Waals surface area contributed by atoms with Gasteiger partial charge in [-0.3, -0.25) is 36.5 Å². The summed E-state index contributed by atoms with van der Waals surface area (Å²) in [4.78, 5) is 122. The van der Waals surface area contributed by atoms with Crippen LogP contribution in [0.2, 0.25) is 0 Å². The molecule has 4 unspecified atom stereocenters. The van der Waals surface area contributed by atoms with Gasteiger partial charge in [-0.15, -0.1) is 0 Å². The molecular weight excluding hydrogens is 1020 g/mol. The van der Waals surface area contributed by atoms with Gasteiger partial charge in [-0.05, 0) is 66.8 Å². The molecule has 0 spiro atoms. The maximum absolute atomic E-state index is 12.6. The second-order valence-corrected chi connectivity index (χ2v) is 28.5. The molecule has 5 rings (SSSR count). The zero-order chi connectivity index (χ0) is 48.3. The third kappa shape index (κ3) is 11.4. The number of rotatable bonds is 12. The van der Waals surface area contributed by atoms with E-state index in [2.05, 4.69) is 0 Å². The average Bonchev–Trinajstić information content (AvgIpc) is 3.09. The summed E-state index contributed by atoms with van der Waals surface area (Å²) in [6.45, 7) is 0. The topological polar surface area (TPSA) is 460 Å². The summed E-state index contributed by atoms with van der Waals surface area (Å²) in [6.07, 6.45) is -3.47. The van der Waals surface area contributed by atoms with E-state index in [1.54, 1.807) is 0 Å². The highest BCUT2D eigenvalue weighted by Gasteiger charge is 2.46. The molecule has 24 nitrogen and oxygen atoms in total. The van der Waals surface area contributed by atoms with Gasteiger partial charge in [0.25, 0.3) is 0 Å². The van der Waals surface area contributed by atoms with Crippen LogP contribution < -0.4 is 0 Å². The number of phenols is 4. The van der Waals surface area contributed by atoms with Crippen molar-refractivity contribution < 1.29 is 116 Å². The van der Waals surface area contributed by atoms with Crippen LogP contribution in [0.25, 0.3) is 0 Å². The van der Waals surface area contributed by atoms with E-state index in [-0.39, 0.29) is 0 Å². The van der Waals surface area contributed by atoms with Crippen molar-refractivity contribution in [3.05, 3.63) is 115 Å². The first-order chi connectivity index (χ1) is 29.2. The first-order valence-electron chi connectivity index (χ1n) is 17.7. The monoisotopic (exact) mass is 1060 g/mol. The first kappa shape index (κ1) is 52.4. The van der Waals surface area contributed by atoms with Crippen molar-refractivity contribution in [2.75, 3.05) is 0 Å². The Bertz CT molecular complexity index is 2480. The van der Waals surface area contributed by atoms with E-state index in [1.807, 2.05) is 0 Å². The van der Waals surface area contributed by atoms with E-state index in [0.717, 1.165) is 24.3 Å². The van der Waals surface area contributed by atoms with Gasteiger partial charge in [0.05, 0.1) is 0 Å². The maximum Gasteiger partial charge on any atom is 0.345 e. The normalized spacial score (nSPS) is 16.8. The molecule has 4 aromatic rings. The maximum atomic E-state index is 12.6. The number of aromatic hydroxyl groups is 4. The summed E-state index contributed by atoms with van der Waals surface area (Å²) in [5.74, 6) is -3.41. The minimum absolute atomic E-state index is 0.450. The summed E-state index contributed by atoms with van der Waals surface area (Å²) in [5.41, 5.74) is -6.49. The molecule has 64 heavy (non-hydrogen) atoms. The predicted octanol–water partition coefficient (Wildman–Crippen LogP) is 3.76. The first-order valence-corrected chi connectivity index (χ1v) is 30.2. The van der Waals surface area contributed by atoms with Gasteiger partial charge >= 0.3 is 30.4 Å². The zero-order valence-corrected chi connectivity index (χ0v) is 39.5. The van der Waals surface area contributed by atoms with Crippen molar-refractivity contribution in [1.82, 2.24) is 0 Å². The summed E-state index contributed by atoms with van der Waals surface area (Å²) < 4.78 is 100. The molecule has 1 aliphatic carbocycles. The fourth-order valence-electron chi connectivity index (χ4n) is 7.63. The second kappa shape index (κ2) is 19.2. The zero-order valence-electron chi connectivity index (χ0n) is 32.0. The van der Waals surface area contributed by atoms with E-state index < -0.39 is 200 Å². The van der Waals surface area contributed by atoms with Gasteiger partial charge in [0, 0.05) is 25.7 Å². The van der Waals surface area contributed by atoms with Crippen molar-refractivity contribution in [2.45, 2.75) is 47.3 Å². The van der Waals surface area contributed by atoms with Gasteiger partial charge in [-0.1, -0.05) is 48.5 Å².